The molecule has 0 amide bonds. The second-order valence-electron chi connectivity index (χ2n) is 2.81. The lowest BCUT2D eigenvalue weighted by atomic mass is 10.3. The Hall–Kier alpha value is -1.30. The van der Waals surface area contributed by atoms with E-state index in [1.165, 1.54) is 12.1 Å². The van der Waals surface area contributed by atoms with Gasteiger partial charge >= 0.3 is 0 Å². The first-order valence-electron chi connectivity index (χ1n) is 3.91. The van der Waals surface area contributed by atoms with Crippen molar-refractivity contribution in [1.29, 1.82) is 0 Å². The van der Waals surface area contributed by atoms with E-state index in [4.69, 9.17) is 28.4 Å². The number of rotatable bonds is 1. The average Bonchev–Trinajstić information content (AvgIpc) is 2.18. The number of anilines is 1. The van der Waals surface area contributed by atoms with E-state index in [1.54, 1.807) is 5.48 Å². The molecule has 0 aliphatic heterocycles. The number of benzene rings is 1. The lowest BCUT2D eigenvalue weighted by Gasteiger charge is -2.02. The van der Waals surface area contributed by atoms with Gasteiger partial charge in [0.2, 0.25) is 5.82 Å². The molecule has 0 saturated carbocycles. The molecule has 0 saturated heterocycles. The van der Waals surface area contributed by atoms with Crippen molar-refractivity contribution in [2.24, 2.45) is 0 Å². The number of fused-ring (bicyclic) bond motifs is 1. The van der Waals surface area contributed by atoms with Crippen LogP contribution in [0.4, 0.5) is 5.82 Å². The molecular weight excluding hydrogens is 241 g/mol. The summed E-state index contributed by atoms with van der Waals surface area (Å²) in [4.78, 5) is 17.6. The van der Waals surface area contributed by atoms with Crippen LogP contribution in [-0.2, 0) is 0 Å². The Balaban J connectivity index is 2.87. The zero-order valence-corrected chi connectivity index (χ0v) is 8.73. The van der Waals surface area contributed by atoms with Crippen LogP contribution in [0.5, 0.6) is 0 Å². The number of nitrogens with zero attached hydrogens (tertiary/aromatic N) is 1. The largest absolute Gasteiger partial charge is 0.316 e. The van der Waals surface area contributed by atoms with Gasteiger partial charge in [-0.05, 0) is 12.1 Å². The Bertz CT molecular complexity index is 582. The Morgan fingerprint density at radius 2 is 2.13 bits per heavy atom. The van der Waals surface area contributed by atoms with Gasteiger partial charge in [-0.2, -0.15) is 0 Å². The van der Waals surface area contributed by atoms with Gasteiger partial charge in [0, 0.05) is 5.02 Å². The first-order valence-corrected chi connectivity index (χ1v) is 4.66. The highest BCUT2D eigenvalue weighted by molar-refractivity contribution is 6.38. The summed E-state index contributed by atoms with van der Waals surface area (Å²) < 4.78 is 0. The maximum atomic E-state index is 11.3. The van der Waals surface area contributed by atoms with E-state index in [9.17, 15) is 4.79 Å². The van der Waals surface area contributed by atoms with E-state index in [0.717, 1.165) is 0 Å². The first kappa shape index (κ1) is 10.2. The molecule has 5 nitrogen and oxygen atoms in total. The number of nitrogens with one attached hydrogen (secondary N) is 2. The fraction of sp³-hybridized carbons (Fsp3) is 0. The first-order chi connectivity index (χ1) is 7.11. The van der Waals surface area contributed by atoms with Crippen molar-refractivity contribution in [3.63, 3.8) is 0 Å². The molecule has 0 bridgehead atoms. The lowest BCUT2D eigenvalue weighted by molar-refractivity contribution is 0.385. The summed E-state index contributed by atoms with van der Waals surface area (Å²) in [6.07, 6.45) is 0. The third-order valence-corrected chi connectivity index (χ3v) is 2.34. The van der Waals surface area contributed by atoms with Crippen molar-refractivity contribution in [2.45, 2.75) is 0 Å². The molecule has 15 heavy (non-hydrogen) atoms. The fourth-order valence-electron chi connectivity index (χ4n) is 1.19. The Morgan fingerprint density at radius 1 is 1.40 bits per heavy atom. The van der Waals surface area contributed by atoms with Gasteiger partial charge in [-0.3, -0.25) is 10.0 Å². The molecule has 0 radical (unpaired) electrons. The number of H-pyrrole nitrogens is 1. The molecule has 2 rings (SSSR count). The topological polar surface area (TPSA) is 78.0 Å². The number of halogens is 2. The van der Waals surface area contributed by atoms with E-state index in [1.807, 2.05) is 0 Å². The van der Waals surface area contributed by atoms with E-state index < -0.39 is 5.56 Å². The van der Waals surface area contributed by atoms with Gasteiger partial charge in [-0.15, -0.1) is 0 Å². The molecule has 0 unspecified atom stereocenters. The predicted molar refractivity (Wildman–Crippen MR) is 57.8 cm³/mol. The van der Waals surface area contributed by atoms with Crippen LogP contribution in [0.3, 0.4) is 0 Å². The second kappa shape index (κ2) is 3.69. The SMILES string of the molecule is O=c1[nH]c2c(Cl)cc(Cl)cc2nc1NO. The highest BCUT2D eigenvalue weighted by Gasteiger charge is 2.07. The summed E-state index contributed by atoms with van der Waals surface area (Å²) in [7, 11) is 0. The maximum Gasteiger partial charge on any atom is 0.293 e. The zero-order chi connectivity index (χ0) is 11.0. The van der Waals surface area contributed by atoms with Crippen LogP contribution < -0.4 is 11.0 Å². The van der Waals surface area contributed by atoms with E-state index in [-0.39, 0.29) is 5.82 Å². The molecule has 1 aromatic carbocycles. The maximum absolute atomic E-state index is 11.3. The summed E-state index contributed by atoms with van der Waals surface area (Å²) in [5, 5.41) is 9.31. The van der Waals surface area contributed by atoms with Gasteiger partial charge in [-0.25, -0.2) is 10.5 Å². The molecule has 7 heteroatoms. The second-order valence-corrected chi connectivity index (χ2v) is 3.65. The van der Waals surface area contributed by atoms with Crippen LogP contribution in [0.15, 0.2) is 16.9 Å². The van der Waals surface area contributed by atoms with Crippen LogP contribution in [0.1, 0.15) is 0 Å². The highest BCUT2D eigenvalue weighted by Crippen LogP contribution is 2.24. The lowest BCUT2D eigenvalue weighted by Crippen LogP contribution is -2.14. The minimum Gasteiger partial charge on any atom is -0.316 e. The van der Waals surface area contributed by atoms with Crippen LogP contribution >= 0.6 is 23.2 Å². The van der Waals surface area contributed by atoms with Crippen molar-refractivity contribution in [2.75, 3.05) is 5.48 Å². The molecule has 0 aliphatic rings. The normalized spacial score (nSPS) is 10.6. The molecule has 0 aliphatic carbocycles. The number of hydrogen-bond donors (Lipinski definition) is 3. The molecule has 0 fully saturated rings. The van der Waals surface area contributed by atoms with Crippen LogP contribution in [0, 0.1) is 0 Å². The van der Waals surface area contributed by atoms with Gasteiger partial charge in [-0.1, -0.05) is 23.2 Å². The van der Waals surface area contributed by atoms with Crippen molar-refractivity contribution in [1.82, 2.24) is 9.97 Å². The molecule has 0 atom stereocenters. The predicted octanol–water partition coefficient (Wildman–Crippen LogP) is 2.03. The summed E-state index contributed by atoms with van der Waals surface area (Å²) in [5.74, 6) is -0.208. The molecular formula is C8H5Cl2N3O2. The van der Waals surface area contributed by atoms with Crippen molar-refractivity contribution < 1.29 is 5.21 Å². The summed E-state index contributed by atoms with van der Waals surface area (Å²) in [6, 6.07) is 3.02. The van der Waals surface area contributed by atoms with Crippen molar-refractivity contribution >= 4 is 40.1 Å². The molecule has 78 valence electrons. The van der Waals surface area contributed by atoms with E-state index in [2.05, 4.69) is 9.97 Å². The summed E-state index contributed by atoms with van der Waals surface area (Å²) in [5.41, 5.74) is 1.90. The number of aromatic amines is 1. The van der Waals surface area contributed by atoms with Gasteiger partial charge < -0.3 is 4.98 Å². The quantitative estimate of drug-likeness (QED) is 0.672. The van der Waals surface area contributed by atoms with Gasteiger partial charge in [0.25, 0.3) is 5.56 Å². The number of hydrogen-bond acceptors (Lipinski definition) is 4. The number of aromatic nitrogens is 2. The molecule has 1 heterocycles. The third-order valence-electron chi connectivity index (χ3n) is 1.83. The Kier molecular flexibility index (Phi) is 2.52. The van der Waals surface area contributed by atoms with Gasteiger partial charge in [0.15, 0.2) is 0 Å². The summed E-state index contributed by atoms with van der Waals surface area (Å²) in [6.45, 7) is 0. The van der Waals surface area contributed by atoms with Crippen LogP contribution in [0.25, 0.3) is 11.0 Å². The van der Waals surface area contributed by atoms with Crippen LogP contribution in [0.2, 0.25) is 10.0 Å². The smallest absolute Gasteiger partial charge is 0.293 e. The Morgan fingerprint density at radius 3 is 2.80 bits per heavy atom. The minimum absolute atomic E-state index is 0.208. The van der Waals surface area contributed by atoms with Crippen LogP contribution in [-0.4, -0.2) is 15.2 Å². The average molecular weight is 246 g/mol. The van der Waals surface area contributed by atoms with E-state index >= 15 is 0 Å². The molecule has 3 N–H and O–H groups in total. The monoisotopic (exact) mass is 245 g/mol. The molecule has 1 aromatic heterocycles. The zero-order valence-electron chi connectivity index (χ0n) is 7.21. The van der Waals surface area contributed by atoms with Crippen molar-refractivity contribution in [3.05, 3.63) is 32.5 Å². The third kappa shape index (κ3) is 1.77. The fourth-order valence-corrected chi connectivity index (χ4v) is 1.72. The van der Waals surface area contributed by atoms with Gasteiger partial charge in [0.1, 0.15) is 0 Å². The summed E-state index contributed by atoms with van der Waals surface area (Å²) >= 11 is 11.6. The van der Waals surface area contributed by atoms with Crippen molar-refractivity contribution in [3.8, 4) is 0 Å². The highest BCUT2D eigenvalue weighted by atomic mass is 35.5. The van der Waals surface area contributed by atoms with E-state index in [0.29, 0.717) is 21.1 Å². The van der Waals surface area contributed by atoms with Gasteiger partial charge in [0.05, 0.1) is 16.1 Å². The molecule has 0 spiro atoms. The minimum atomic E-state index is -0.561. The standard InChI is InChI=1S/C8H5Cl2N3O2/c9-3-1-4(10)6-5(2-3)11-7(13-15)8(14)12-6/h1-2,15H,(H,11,13)(H,12,14). The molecule has 2 aromatic rings. The Labute approximate surface area is 93.6 Å².